The fourth-order valence-electron chi connectivity index (χ4n) is 4.36. The Morgan fingerprint density at radius 2 is 1.26 bits per heavy atom. The number of hydrogen-bond donors (Lipinski definition) is 2. The zero-order valence-corrected chi connectivity index (χ0v) is 20.5. The van der Waals surface area contributed by atoms with Gasteiger partial charge < -0.3 is 15.5 Å². The van der Waals surface area contributed by atoms with Crippen molar-refractivity contribution in [2.45, 2.75) is 0 Å². The first-order chi connectivity index (χ1) is 16.5. The van der Waals surface area contributed by atoms with Crippen LogP contribution in [0.25, 0.3) is 32.7 Å². The van der Waals surface area contributed by atoms with Gasteiger partial charge in [-0.15, -0.1) is 0 Å². The molecule has 34 heavy (non-hydrogen) atoms. The first-order valence-corrected chi connectivity index (χ1v) is 11.8. The molecule has 0 radical (unpaired) electrons. The highest BCUT2D eigenvalue weighted by Crippen LogP contribution is 2.44. The minimum atomic E-state index is 0.519. The van der Waals surface area contributed by atoms with Crippen molar-refractivity contribution in [3.05, 3.63) is 102 Å². The van der Waals surface area contributed by atoms with Gasteiger partial charge in [0.15, 0.2) is 5.11 Å². The number of nitrogens with one attached hydrogen (secondary N) is 2. The smallest absolute Gasteiger partial charge is 0.175 e. The van der Waals surface area contributed by atoms with Crippen LogP contribution < -0.4 is 15.5 Å². The van der Waals surface area contributed by atoms with Crippen LogP contribution in [-0.4, -0.2) is 19.2 Å². The van der Waals surface area contributed by atoms with Crippen molar-refractivity contribution in [2.24, 2.45) is 0 Å². The van der Waals surface area contributed by atoms with E-state index in [1.54, 1.807) is 0 Å². The summed E-state index contributed by atoms with van der Waals surface area (Å²) in [6.45, 7) is 0. The Morgan fingerprint density at radius 1 is 0.676 bits per heavy atom. The highest BCUT2D eigenvalue weighted by atomic mass is 35.5. The van der Waals surface area contributed by atoms with Crippen LogP contribution >= 0.6 is 23.8 Å². The van der Waals surface area contributed by atoms with Gasteiger partial charge in [-0.3, -0.25) is 0 Å². The van der Waals surface area contributed by atoms with E-state index in [0.29, 0.717) is 10.1 Å². The molecule has 0 aliphatic carbocycles. The lowest BCUT2D eigenvalue weighted by atomic mass is 9.90. The number of rotatable bonds is 4. The van der Waals surface area contributed by atoms with Crippen molar-refractivity contribution in [1.29, 1.82) is 0 Å². The molecule has 0 aromatic heterocycles. The first-order valence-electron chi connectivity index (χ1n) is 11.1. The molecule has 0 amide bonds. The van der Waals surface area contributed by atoms with E-state index in [2.05, 4.69) is 102 Å². The van der Waals surface area contributed by atoms with Gasteiger partial charge in [0.1, 0.15) is 0 Å². The van der Waals surface area contributed by atoms with Gasteiger partial charge in [-0.25, -0.2) is 0 Å². The van der Waals surface area contributed by atoms with Crippen LogP contribution in [0, 0.1) is 0 Å². The van der Waals surface area contributed by atoms with E-state index >= 15 is 0 Å². The van der Waals surface area contributed by atoms with Crippen LogP contribution in [0.1, 0.15) is 0 Å². The van der Waals surface area contributed by atoms with Crippen molar-refractivity contribution < 1.29 is 0 Å². The van der Waals surface area contributed by atoms with Gasteiger partial charge in [-0.2, -0.15) is 0 Å². The molecular weight excluding hydrogens is 458 g/mol. The van der Waals surface area contributed by atoms with E-state index in [0.717, 1.165) is 22.6 Å². The predicted molar refractivity (Wildman–Crippen MR) is 153 cm³/mol. The van der Waals surface area contributed by atoms with Gasteiger partial charge in [-0.1, -0.05) is 72.3 Å². The van der Waals surface area contributed by atoms with Gasteiger partial charge in [0.2, 0.25) is 0 Å². The zero-order valence-electron chi connectivity index (χ0n) is 19.0. The molecular formula is C29H24ClN3S. The maximum Gasteiger partial charge on any atom is 0.175 e. The summed E-state index contributed by atoms with van der Waals surface area (Å²) in [5.41, 5.74) is 5.28. The molecule has 0 aliphatic rings. The average Bonchev–Trinajstić information content (AvgIpc) is 2.84. The van der Waals surface area contributed by atoms with Gasteiger partial charge in [0.25, 0.3) is 0 Å². The Hall–Kier alpha value is -3.60. The monoisotopic (exact) mass is 481 g/mol. The minimum absolute atomic E-state index is 0.519. The fourth-order valence-corrected chi connectivity index (χ4v) is 4.71. The molecule has 0 fully saturated rings. The number of hydrogen-bond acceptors (Lipinski definition) is 2. The van der Waals surface area contributed by atoms with Crippen LogP contribution in [-0.2, 0) is 0 Å². The average molecular weight is 482 g/mol. The molecule has 5 rings (SSSR count). The highest BCUT2D eigenvalue weighted by Gasteiger charge is 2.18. The number of anilines is 3. The molecule has 0 atom stereocenters. The van der Waals surface area contributed by atoms with Gasteiger partial charge in [0, 0.05) is 47.3 Å². The summed E-state index contributed by atoms with van der Waals surface area (Å²) in [7, 11) is 4.16. The summed E-state index contributed by atoms with van der Waals surface area (Å²) in [5.74, 6) is 0. The van der Waals surface area contributed by atoms with Crippen molar-refractivity contribution in [3.8, 4) is 11.1 Å². The molecule has 0 unspecified atom stereocenters. The Balaban J connectivity index is 1.70. The van der Waals surface area contributed by atoms with Crippen LogP contribution in [0.2, 0.25) is 5.02 Å². The third-order valence-corrected chi connectivity index (χ3v) is 6.37. The second-order valence-electron chi connectivity index (χ2n) is 8.37. The SMILES string of the molecule is CN(C)c1ccc2ccccc2c1-c1c(NC(=S)Nc2ccc(Cl)cc2)ccc2ccccc12. The molecule has 0 saturated heterocycles. The second-order valence-corrected chi connectivity index (χ2v) is 9.22. The van der Waals surface area contributed by atoms with E-state index in [1.807, 2.05) is 24.3 Å². The largest absolute Gasteiger partial charge is 0.377 e. The fraction of sp³-hybridized carbons (Fsp3) is 0.0690. The van der Waals surface area contributed by atoms with Gasteiger partial charge in [0.05, 0.1) is 0 Å². The van der Waals surface area contributed by atoms with E-state index in [4.69, 9.17) is 23.8 Å². The topological polar surface area (TPSA) is 27.3 Å². The van der Waals surface area contributed by atoms with Crippen LogP contribution in [0.3, 0.4) is 0 Å². The quantitative estimate of drug-likeness (QED) is 0.253. The summed E-state index contributed by atoms with van der Waals surface area (Å²) < 4.78 is 0. The number of fused-ring (bicyclic) bond motifs is 2. The van der Waals surface area contributed by atoms with Crippen molar-refractivity contribution >= 4 is 67.5 Å². The summed E-state index contributed by atoms with van der Waals surface area (Å²) in [5, 5.41) is 12.7. The van der Waals surface area contributed by atoms with Crippen LogP contribution in [0.5, 0.6) is 0 Å². The molecule has 0 saturated carbocycles. The third-order valence-electron chi connectivity index (χ3n) is 5.92. The normalized spacial score (nSPS) is 10.9. The van der Waals surface area contributed by atoms with Crippen LogP contribution in [0.15, 0.2) is 97.1 Å². The Labute approximate surface area is 210 Å². The van der Waals surface area contributed by atoms with Crippen molar-refractivity contribution in [2.75, 3.05) is 29.6 Å². The van der Waals surface area contributed by atoms with E-state index in [1.165, 1.54) is 27.1 Å². The lowest BCUT2D eigenvalue weighted by Gasteiger charge is -2.23. The molecule has 2 N–H and O–H groups in total. The summed E-state index contributed by atoms with van der Waals surface area (Å²) >= 11 is 11.7. The van der Waals surface area contributed by atoms with Crippen molar-refractivity contribution in [1.82, 2.24) is 0 Å². The number of halogens is 1. The third kappa shape index (κ3) is 4.30. The van der Waals surface area contributed by atoms with Crippen LogP contribution in [0.4, 0.5) is 17.1 Å². The van der Waals surface area contributed by atoms with E-state index < -0.39 is 0 Å². The molecule has 0 spiro atoms. The lowest BCUT2D eigenvalue weighted by molar-refractivity contribution is 1.14. The number of thiocarbonyl (C=S) groups is 1. The standard InChI is InChI=1S/C29H24ClN3S/c1-33(2)26-18-12-20-8-4-6-10-24(20)28(26)27-23-9-5-3-7-19(23)11-17-25(27)32-29(34)31-22-15-13-21(30)14-16-22/h3-18H,1-2H3,(H2,31,32,34). The molecule has 0 bridgehead atoms. The maximum absolute atomic E-state index is 6.03. The van der Waals surface area contributed by atoms with Gasteiger partial charge >= 0.3 is 0 Å². The molecule has 5 aromatic rings. The Bertz CT molecular complexity index is 1510. The molecule has 168 valence electrons. The number of benzene rings is 5. The Morgan fingerprint density at radius 3 is 1.91 bits per heavy atom. The first kappa shape index (κ1) is 22.2. The second kappa shape index (κ2) is 9.34. The lowest BCUT2D eigenvalue weighted by Crippen LogP contribution is -2.19. The van der Waals surface area contributed by atoms with Gasteiger partial charge in [-0.05, 0) is 70.2 Å². The summed E-state index contributed by atoms with van der Waals surface area (Å²) in [6, 6.07) is 33.1. The Kier molecular flexibility index (Phi) is 6.10. The van der Waals surface area contributed by atoms with E-state index in [-0.39, 0.29) is 0 Å². The summed E-state index contributed by atoms with van der Waals surface area (Å²) in [4.78, 5) is 2.16. The number of nitrogens with zero attached hydrogens (tertiary/aromatic N) is 1. The van der Waals surface area contributed by atoms with E-state index in [9.17, 15) is 0 Å². The van der Waals surface area contributed by atoms with Crippen molar-refractivity contribution in [3.63, 3.8) is 0 Å². The molecule has 0 heterocycles. The highest BCUT2D eigenvalue weighted by molar-refractivity contribution is 7.80. The maximum atomic E-state index is 6.03. The summed E-state index contributed by atoms with van der Waals surface area (Å²) in [6.07, 6.45) is 0. The predicted octanol–water partition coefficient (Wildman–Crippen LogP) is 8.19. The molecule has 0 aliphatic heterocycles. The zero-order chi connectivity index (χ0) is 23.7. The molecule has 5 heteroatoms. The minimum Gasteiger partial charge on any atom is -0.377 e. The molecule has 5 aromatic carbocycles. The molecule has 3 nitrogen and oxygen atoms in total.